The lowest BCUT2D eigenvalue weighted by Crippen LogP contribution is -2.34. The van der Waals surface area contributed by atoms with Crippen LogP contribution in [0.25, 0.3) is 34.1 Å². The molecule has 0 saturated heterocycles. The fraction of sp³-hybridized carbons (Fsp3) is 0.286. The van der Waals surface area contributed by atoms with Gasteiger partial charge in [-0.2, -0.15) is 22.0 Å². The van der Waals surface area contributed by atoms with E-state index >= 15 is 0 Å². The summed E-state index contributed by atoms with van der Waals surface area (Å²) in [4.78, 5) is 20.1. The zero-order valence-electron chi connectivity index (χ0n) is 19.4. The molecule has 16 heteroatoms. The van der Waals surface area contributed by atoms with Crippen LogP contribution in [0.3, 0.4) is 0 Å². The number of sulfone groups is 1. The Bertz CT molecular complexity index is 1660. The average Bonchev–Trinajstić information content (AvgIpc) is 3.35. The maximum Gasteiger partial charge on any atom is 0.459 e. The molecule has 0 atom stereocenters. The number of alkyl halides is 5. The third-order valence-electron chi connectivity index (χ3n) is 5.63. The lowest BCUT2D eigenvalue weighted by atomic mass is 10.1. The maximum absolute atomic E-state index is 13.8. The highest BCUT2D eigenvalue weighted by atomic mass is 32.2. The number of aryl methyl sites for hydroxylation is 1. The first-order chi connectivity index (χ1) is 17.1. The molecule has 37 heavy (non-hydrogen) atoms. The standard InChI is InChI=1S/C21H18F5N7O3S/c1-4-37(35,36)19-14(29-16(33(19)3)11-7-5-6-10(8-11)15(27)34)18-28-12-9-13(20(22,23)21(24,25)26)30-31-17(12)32(18)2/h5-9H,4H2,1-3H3,(H2,27,34). The molecule has 0 fully saturated rings. The van der Waals surface area contributed by atoms with E-state index in [1.165, 1.54) is 48.4 Å². The second-order valence-electron chi connectivity index (χ2n) is 8.00. The molecule has 0 unspecified atom stereocenters. The van der Waals surface area contributed by atoms with Crippen LogP contribution < -0.4 is 5.73 Å². The topological polar surface area (TPSA) is 139 Å². The minimum absolute atomic E-state index is 0.104. The Balaban J connectivity index is 1.99. The second kappa shape index (κ2) is 8.57. The van der Waals surface area contributed by atoms with E-state index in [1.807, 2.05) is 0 Å². The molecule has 1 amide bonds. The molecule has 0 spiro atoms. The number of carbonyl (C=O) groups excluding carboxylic acids is 1. The van der Waals surface area contributed by atoms with Crippen molar-refractivity contribution >= 4 is 26.9 Å². The lowest BCUT2D eigenvalue weighted by Gasteiger charge is -2.17. The molecule has 2 N–H and O–H groups in total. The number of carbonyl (C=O) groups is 1. The van der Waals surface area contributed by atoms with Crippen molar-refractivity contribution in [3.63, 3.8) is 0 Å². The summed E-state index contributed by atoms with van der Waals surface area (Å²) in [6, 6.07) is 6.38. The van der Waals surface area contributed by atoms with Crippen LogP contribution in [0.1, 0.15) is 23.0 Å². The predicted octanol–water partition coefficient (Wildman–Crippen LogP) is 2.98. The fourth-order valence-corrected chi connectivity index (χ4v) is 4.90. The zero-order chi connectivity index (χ0) is 27.5. The van der Waals surface area contributed by atoms with Gasteiger partial charge in [0.2, 0.25) is 5.91 Å². The highest BCUT2D eigenvalue weighted by Gasteiger charge is 2.60. The van der Waals surface area contributed by atoms with E-state index in [2.05, 4.69) is 20.2 Å². The SMILES string of the molecule is CCS(=O)(=O)c1c(-c2nc3cc(C(F)(F)C(F)(F)F)nnc3n2C)nc(-c2cccc(C(N)=O)c2)n1C. The average molecular weight is 543 g/mol. The number of imidazole rings is 2. The van der Waals surface area contributed by atoms with Gasteiger partial charge in [-0.15, -0.1) is 10.2 Å². The van der Waals surface area contributed by atoms with Crippen molar-refractivity contribution in [3.05, 3.63) is 41.6 Å². The summed E-state index contributed by atoms with van der Waals surface area (Å²) >= 11 is 0. The maximum atomic E-state index is 13.8. The fourth-order valence-electron chi connectivity index (χ4n) is 3.69. The van der Waals surface area contributed by atoms with E-state index < -0.39 is 33.5 Å². The van der Waals surface area contributed by atoms with Gasteiger partial charge in [-0.3, -0.25) is 4.79 Å². The molecule has 0 aliphatic rings. The van der Waals surface area contributed by atoms with E-state index in [4.69, 9.17) is 5.73 Å². The van der Waals surface area contributed by atoms with Crippen LogP contribution in [0.5, 0.6) is 0 Å². The zero-order valence-corrected chi connectivity index (χ0v) is 20.2. The molecule has 0 saturated carbocycles. The van der Waals surface area contributed by atoms with Crippen LogP contribution in [-0.4, -0.2) is 55.6 Å². The molecule has 3 heterocycles. The number of aromatic nitrogens is 6. The summed E-state index contributed by atoms with van der Waals surface area (Å²) in [5.74, 6) is -6.42. The van der Waals surface area contributed by atoms with E-state index in [0.717, 1.165) is 0 Å². The van der Waals surface area contributed by atoms with Crippen LogP contribution >= 0.6 is 0 Å². The van der Waals surface area contributed by atoms with Crippen LogP contribution in [0.2, 0.25) is 0 Å². The summed E-state index contributed by atoms with van der Waals surface area (Å²) in [5, 5.41) is 6.21. The number of nitrogens with zero attached hydrogens (tertiary/aromatic N) is 6. The van der Waals surface area contributed by atoms with Gasteiger partial charge in [0.05, 0.1) is 5.75 Å². The molecule has 0 bridgehead atoms. The van der Waals surface area contributed by atoms with Gasteiger partial charge in [0.15, 0.2) is 26.3 Å². The van der Waals surface area contributed by atoms with Crippen LogP contribution in [0, 0.1) is 0 Å². The first kappa shape index (κ1) is 26.1. The molecule has 10 nitrogen and oxygen atoms in total. The smallest absolute Gasteiger partial charge is 0.366 e. The Hall–Kier alpha value is -3.95. The molecule has 4 aromatic rings. The molecular weight excluding hydrogens is 525 g/mol. The van der Waals surface area contributed by atoms with E-state index in [0.29, 0.717) is 11.6 Å². The lowest BCUT2D eigenvalue weighted by molar-refractivity contribution is -0.291. The van der Waals surface area contributed by atoms with Gasteiger partial charge < -0.3 is 14.9 Å². The molecule has 0 aliphatic carbocycles. The minimum atomic E-state index is -5.91. The highest BCUT2D eigenvalue weighted by molar-refractivity contribution is 7.91. The number of fused-ring (bicyclic) bond motifs is 1. The first-order valence-corrected chi connectivity index (χ1v) is 12.1. The summed E-state index contributed by atoms with van der Waals surface area (Å²) in [5.41, 5.74) is 3.38. The van der Waals surface area contributed by atoms with Crippen molar-refractivity contribution < 1.29 is 35.2 Å². The van der Waals surface area contributed by atoms with Gasteiger partial charge in [-0.05, 0) is 18.2 Å². The first-order valence-electron chi connectivity index (χ1n) is 10.5. The summed E-state index contributed by atoms with van der Waals surface area (Å²) in [6.07, 6.45) is -5.91. The van der Waals surface area contributed by atoms with Gasteiger partial charge >= 0.3 is 12.1 Å². The van der Waals surface area contributed by atoms with Crippen molar-refractivity contribution in [2.75, 3.05) is 5.75 Å². The number of primary amides is 1. The Labute approximate surface area is 205 Å². The van der Waals surface area contributed by atoms with Crippen molar-refractivity contribution in [1.82, 2.24) is 29.3 Å². The van der Waals surface area contributed by atoms with Crippen molar-refractivity contribution in [2.45, 2.75) is 24.0 Å². The molecule has 1 aromatic carbocycles. The number of amides is 1. The monoisotopic (exact) mass is 543 g/mol. The van der Waals surface area contributed by atoms with Crippen molar-refractivity contribution in [3.8, 4) is 22.9 Å². The second-order valence-corrected chi connectivity index (χ2v) is 10.2. The van der Waals surface area contributed by atoms with Gasteiger partial charge in [-0.25, -0.2) is 18.4 Å². The minimum Gasteiger partial charge on any atom is -0.366 e. The molecule has 4 rings (SSSR count). The summed E-state index contributed by atoms with van der Waals surface area (Å²) < 4.78 is 94.6. The van der Waals surface area contributed by atoms with Gasteiger partial charge in [-0.1, -0.05) is 19.1 Å². The Kier molecular flexibility index (Phi) is 6.05. The normalized spacial score (nSPS) is 12.9. The van der Waals surface area contributed by atoms with Gasteiger partial charge in [0, 0.05) is 25.2 Å². The number of nitrogens with two attached hydrogens (primary N) is 1. The molecule has 3 aromatic heterocycles. The quantitative estimate of drug-likeness (QED) is 0.369. The Morgan fingerprint density at radius 2 is 1.68 bits per heavy atom. The number of halogens is 5. The van der Waals surface area contributed by atoms with Crippen LogP contribution in [-0.2, 0) is 29.9 Å². The Morgan fingerprint density at radius 1 is 1.00 bits per heavy atom. The molecular formula is C21H18F5N7O3S. The molecule has 196 valence electrons. The van der Waals surface area contributed by atoms with E-state index in [9.17, 15) is 35.2 Å². The third-order valence-corrected chi connectivity index (χ3v) is 7.45. The van der Waals surface area contributed by atoms with Crippen LogP contribution in [0.15, 0.2) is 35.4 Å². The van der Waals surface area contributed by atoms with Crippen LogP contribution in [0.4, 0.5) is 22.0 Å². The molecule has 0 aliphatic heterocycles. The number of rotatable bonds is 6. The van der Waals surface area contributed by atoms with Gasteiger partial charge in [0.25, 0.3) is 0 Å². The third kappa shape index (κ3) is 4.20. The number of benzene rings is 1. The van der Waals surface area contributed by atoms with Crippen molar-refractivity contribution in [1.29, 1.82) is 0 Å². The molecule has 0 radical (unpaired) electrons. The summed E-state index contributed by atoms with van der Waals surface area (Å²) in [7, 11) is -1.21. The number of hydrogen-bond donors (Lipinski definition) is 1. The van der Waals surface area contributed by atoms with E-state index in [-0.39, 0.29) is 44.8 Å². The van der Waals surface area contributed by atoms with Crippen molar-refractivity contribution in [2.24, 2.45) is 19.8 Å². The largest absolute Gasteiger partial charge is 0.459 e. The Morgan fingerprint density at radius 3 is 2.27 bits per heavy atom. The van der Waals surface area contributed by atoms with Gasteiger partial charge in [0.1, 0.15) is 22.7 Å². The number of hydrogen-bond acceptors (Lipinski definition) is 7. The predicted molar refractivity (Wildman–Crippen MR) is 120 cm³/mol. The van der Waals surface area contributed by atoms with E-state index in [1.54, 1.807) is 6.07 Å². The summed E-state index contributed by atoms with van der Waals surface area (Å²) in [6.45, 7) is 1.39. The highest BCUT2D eigenvalue weighted by Crippen LogP contribution is 2.43.